The Hall–Kier alpha value is -2.60. The van der Waals surface area contributed by atoms with Gasteiger partial charge >= 0.3 is 5.97 Å². The molecule has 1 N–H and O–H groups in total. The minimum atomic E-state index is -0.622. The van der Waals surface area contributed by atoms with E-state index in [1.165, 1.54) is 6.26 Å². The molecule has 0 spiro atoms. The molecule has 116 valence electrons. The average molecular weight is 303 g/mol. The van der Waals surface area contributed by atoms with Crippen LogP contribution in [-0.2, 0) is 9.53 Å². The molecule has 1 aromatic heterocycles. The van der Waals surface area contributed by atoms with E-state index in [2.05, 4.69) is 5.32 Å². The third-order valence-corrected chi connectivity index (χ3v) is 2.82. The molecule has 2 aromatic rings. The summed E-state index contributed by atoms with van der Waals surface area (Å²) in [5.74, 6) is -0.206. The van der Waals surface area contributed by atoms with Gasteiger partial charge in [0.2, 0.25) is 0 Å². The Bertz CT molecular complexity index is 618. The fraction of sp³-hybridized carbons (Fsp3) is 0.250. The van der Waals surface area contributed by atoms with Crippen LogP contribution in [-0.4, -0.2) is 24.6 Å². The smallest absolute Gasteiger partial charge is 0.340 e. The predicted molar refractivity (Wildman–Crippen MR) is 79.8 cm³/mol. The number of rotatable bonds is 6. The van der Waals surface area contributed by atoms with Crippen molar-refractivity contribution < 1.29 is 23.5 Å². The Balaban J connectivity index is 1.93. The molecule has 0 bridgehead atoms. The number of ether oxygens (including phenoxy) is 2. The number of nitrogens with one attached hydrogen (secondary N) is 1. The minimum absolute atomic E-state index is 0.223. The zero-order valence-corrected chi connectivity index (χ0v) is 12.4. The standard InChI is InChI=1S/C16H17NO5/c1-3-20-11(2)16(19)22-13-8-6-12(7-9-13)17-15(18)14-5-4-10-21-14/h4-11H,3H2,1-2H3,(H,17,18). The largest absolute Gasteiger partial charge is 0.459 e. The lowest BCUT2D eigenvalue weighted by Crippen LogP contribution is -2.25. The Labute approximate surface area is 128 Å². The lowest BCUT2D eigenvalue weighted by Gasteiger charge is -2.11. The van der Waals surface area contributed by atoms with Gasteiger partial charge in [0.1, 0.15) is 5.75 Å². The van der Waals surface area contributed by atoms with Gasteiger partial charge in [0.15, 0.2) is 11.9 Å². The molecule has 22 heavy (non-hydrogen) atoms. The summed E-state index contributed by atoms with van der Waals surface area (Å²) in [6, 6.07) is 9.66. The number of hydrogen-bond donors (Lipinski definition) is 1. The lowest BCUT2D eigenvalue weighted by molar-refractivity contribution is -0.145. The van der Waals surface area contributed by atoms with Gasteiger partial charge in [0.05, 0.1) is 6.26 Å². The first-order valence-electron chi connectivity index (χ1n) is 6.88. The first kappa shape index (κ1) is 15.8. The van der Waals surface area contributed by atoms with E-state index in [1.54, 1.807) is 50.2 Å². The SMILES string of the molecule is CCOC(C)C(=O)Oc1ccc(NC(=O)c2ccco2)cc1. The van der Waals surface area contributed by atoms with Crippen LogP contribution in [0, 0.1) is 0 Å². The summed E-state index contributed by atoms with van der Waals surface area (Å²) >= 11 is 0. The molecular formula is C16H17NO5. The van der Waals surface area contributed by atoms with E-state index in [1.807, 2.05) is 0 Å². The van der Waals surface area contributed by atoms with Gasteiger partial charge < -0.3 is 19.2 Å². The maximum absolute atomic E-state index is 11.8. The molecule has 1 unspecified atom stereocenters. The number of esters is 1. The molecule has 0 fully saturated rings. The van der Waals surface area contributed by atoms with Crippen LogP contribution >= 0.6 is 0 Å². The van der Waals surface area contributed by atoms with E-state index in [4.69, 9.17) is 13.9 Å². The molecule has 6 heteroatoms. The Kier molecular flexibility index (Phi) is 5.32. The molecule has 0 saturated heterocycles. The van der Waals surface area contributed by atoms with Gasteiger partial charge in [-0.15, -0.1) is 0 Å². The van der Waals surface area contributed by atoms with Gasteiger partial charge in [-0.2, -0.15) is 0 Å². The van der Waals surface area contributed by atoms with Crippen LogP contribution < -0.4 is 10.1 Å². The molecule has 6 nitrogen and oxygen atoms in total. The van der Waals surface area contributed by atoms with Gasteiger partial charge in [-0.3, -0.25) is 4.79 Å². The second-order valence-electron chi connectivity index (χ2n) is 4.47. The number of benzene rings is 1. The Morgan fingerprint density at radius 1 is 1.23 bits per heavy atom. The number of amides is 1. The van der Waals surface area contributed by atoms with Crippen LogP contribution in [0.25, 0.3) is 0 Å². The first-order chi connectivity index (χ1) is 10.6. The fourth-order valence-electron chi connectivity index (χ4n) is 1.72. The van der Waals surface area contributed by atoms with E-state index in [0.29, 0.717) is 18.0 Å². The second kappa shape index (κ2) is 7.42. The topological polar surface area (TPSA) is 77.8 Å². The van der Waals surface area contributed by atoms with Crippen molar-refractivity contribution >= 4 is 17.6 Å². The number of carbonyl (C=O) groups excluding carboxylic acids is 2. The highest BCUT2D eigenvalue weighted by Gasteiger charge is 2.15. The molecular weight excluding hydrogens is 286 g/mol. The summed E-state index contributed by atoms with van der Waals surface area (Å²) in [6.07, 6.45) is 0.806. The highest BCUT2D eigenvalue weighted by atomic mass is 16.6. The van der Waals surface area contributed by atoms with Crippen molar-refractivity contribution in [3.63, 3.8) is 0 Å². The van der Waals surface area contributed by atoms with Crippen molar-refractivity contribution in [1.82, 2.24) is 0 Å². The highest BCUT2D eigenvalue weighted by molar-refractivity contribution is 6.02. The maximum Gasteiger partial charge on any atom is 0.340 e. The highest BCUT2D eigenvalue weighted by Crippen LogP contribution is 2.17. The molecule has 0 aliphatic heterocycles. The molecule has 1 atom stereocenters. The van der Waals surface area contributed by atoms with E-state index in [0.717, 1.165) is 0 Å². The average Bonchev–Trinajstić information content (AvgIpc) is 3.04. The maximum atomic E-state index is 11.8. The van der Waals surface area contributed by atoms with Gasteiger partial charge in [-0.05, 0) is 50.2 Å². The molecule has 2 rings (SSSR count). The molecule has 1 heterocycles. The Morgan fingerprint density at radius 3 is 2.55 bits per heavy atom. The summed E-state index contributed by atoms with van der Waals surface area (Å²) in [6.45, 7) is 3.87. The van der Waals surface area contributed by atoms with Crippen LogP contribution in [0.3, 0.4) is 0 Å². The van der Waals surface area contributed by atoms with Crippen molar-refractivity contribution in [1.29, 1.82) is 0 Å². The number of furan rings is 1. The van der Waals surface area contributed by atoms with E-state index in [-0.39, 0.29) is 11.7 Å². The molecule has 1 aromatic carbocycles. The number of hydrogen-bond acceptors (Lipinski definition) is 5. The quantitative estimate of drug-likeness (QED) is 0.656. The summed E-state index contributed by atoms with van der Waals surface area (Å²) in [5, 5.41) is 2.67. The fourth-order valence-corrected chi connectivity index (χ4v) is 1.72. The van der Waals surface area contributed by atoms with Gasteiger partial charge in [-0.1, -0.05) is 0 Å². The van der Waals surface area contributed by atoms with Gasteiger partial charge in [0.25, 0.3) is 5.91 Å². The first-order valence-corrected chi connectivity index (χ1v) is 6.88. The normalized spacial score (nSPS) is 11.7. The van der Waals surface area contributed by atoms with Crippen molar-refractivity contribution in [3.8, 4) is 5.75 Å². The summed E-state index contributed by atoms with van der Waals surface area (Å²) in [4.78, 5) is 23.5. The van der Waals surface area contributed by atoms with Crippen molar-refractivity contribution in [2.45, 2.75) is 20.0 Å². The number of carbonyl (C=O) groups is 2. The van der Waals surface area contributed by atoms with E-state index >= 15 is 0 Å². The van der Waals surface area contributed by atoms with Gasteiger partial charge in [-0.25, -0.2) is 4.79 Å². The summed E-state index contributed by atoms with van der Waals surface area (Å²) in [7, 11) is 0. The molecule has 1 amide bonds. The third-order valence-electron chi connectivity index (χ3n) is 2.82. The van der Waals surface area contributed by atoms with Crippen molar-refractivity contribution in [2.24, 2.45) is 0 Å². The zero-order valence-electron chi connectivity index (χ0n) is 12.4. The zero-order chi connectivity index (χ0) is 15.9. The Morgan fingerprint density at radius 2 is 1.95 bits per heavy atom. The molecule has 0 aliphatic rings. The van der Waals surface area contributed by atoms with E-state index in [9.17, 15) is 9.59 Å². The summed E-state index contributed by atoms with van der Waals surface area (Å²) in [5.41, 5.74) is 0.569. The van der Waals surface area contributed by atoms with Gasteiger partial charge in [0, 0.05) is 12.3 Å². The van der Waals surface area contributed by atoms with Crippen LogP contribution in [0.1, 0.15) is 24.4 Å². The molecule has 0 radical (unpaired) electrons. The molecule has 0 saturated carbocycles. The van der Waals surface area contributed by atoms with Crippen molar-refractivity contribution in [2.75, 3.05) is 11.9 Å². The predicted octanol–water partition coefficient (Wildman–Crippen LogP) is 2.86. The second-order valence-corrected chi connectivity index (χ2v) is 4.47. The molecule has 0 aliphatic carbocycles. The third kappa shape index (κ3) is 4.20. The minimum Gasteiger partial charge on any atom is -0.459 e. The van der Waals surface area contributed by atoms with Crippen LogP contribution in [0.15, 0.2) is 47.1 Å². The van der Waals surface area contributed by atoms with Crippen LogP contribution in [0.4, 0.5) is 5.69 Å². The van der Waals surface area contributed by atoms with E-state index < -0.39 is 12.1 Å². The number of anilines is 1. The monoisotopic (exact) mass is 303 g/mol. The van der Waals surface area contributed by atoms with Crippen LogP contribution in [0.2, 0.25) is 0 Å². The summed E-state index contributed by atoms with van der Waals surface area (Å²) < 4.78 is 15.3. The van der Waals surface area contributed by atoms with Crippen LogP contribution in [0.5, 0.6) is 5.75 Å². The lowest BCUT2D eigenvalue weighted by atomic mass is 10.3. The van der Waals surface area contributed by atoms with Crippen molar-refractivity contribution in [3.05, 3.63) is 48.4 Å².